The summed E-state index contributed by atoms with van der Waals surface area (Å²) in [5, 5.41) is 6.78. The van der Waals surface area contributed by atoms with Crippen molar-refractivity contribution in [3.05, 3.63) is 17.5 Å². The normalized spacial score (nSPS) is 21.3. The Bertz CT molecular complexity index is 386. The van der Waals surface area contributed by atoms with Crippen molar-refractivity contribution in [3.8, 4) is 0 Å². The van der Waals surface area contributed by atoms with Crippen LogP contribution in [0.4, 0.5) is 0 Å². The Hall–Kier alpha value is -1.32. The van der Waals surface area contributed by atoms with Crippen LogP contribution in [0.15, 0.2) is 6.20 Å². The molecule has 0 radical (unpaired) electrons. The van der Waals surface area contributed by atoms with Crippen LogP contribution >= 0.6 is 0 Å². The number of aryl methyl sites for hydroxylation is 1. The molecule has 1 saturated heterocycles. The molecule has 0 spiro atoms. The number of aromatic amines is 1. The number of hydrogen-bond donors (Lipinski definition) is 1. The van der Waals surface area contributed by atoms with Crippen LogP contribution in [0.2, 0.25) is 0 Å². The number of likely N-dealkylation sites (tertiary alicyclic amines) is 1. The van der Waals surface area contributed by atoms with E-state index in [4.69, 9.17) is 0 Å². The van der Waals surface area contributed by atoms with Crippen LogP contribution in [-0.2, 0) is 0 Å². The molecule has 1 fully saturated rings. The van der Waals surface area contributed by atoms with Crippen molar-refractivity contribution >= 4 is 5.91 Å². The van der Waals surface area contributed by atoms with Gasteiger partial charge in [-0.3, -0.25) is 9.89 Å². The molecule has 1 N–H and O–H groups in total. The van der Waals surface area contributed by atoms with E-state index < -0.39 is 0 Å². The standard InChI is InChI=1S/C13H21N3O/c1-3-11-7-5-4-6-8-16(11)13(17)12-9-14-15-10(12)2/h9,11H,3-8H2,1-2H3,(H,14,15). The SMILES string of the molecule is CCC1CCCCCN1C(=O)c1cn[nH]c1C. The fourth-order valence-electron chi connectivity index (χ4n) is 2.59. The van der Waals surface area contributed by atoms with E-state index in [9.17, 15) is 4.79 Å². The van der Waals surface area contributed by atoms with E-state index in [0.29, 0.717) is 6.04 Å². The Labute approximate surface area is 102 Å². The molecule has 2 heterocycles. The third-order valence-corrected chi connectivity index (χ3v) is 3.67. The average Bonchev–Trinajstić information content (AvgIpc) is 2.64. The fraction of sp³-hybridized carbons (Fsp3) is 0.692. The minimum absolute atomic E-state index is 0.144. The zero-order valence-corrected chi connectivity index (χ0v) is 10.7. The largest absolute Gasteiger partial charge is 0.336 e. The summed E-state index contributed by atoms with van der Waals surface area (Å²) in [5.74, 6) is 0.144. The molecule has 0 aromatic carbocycles. The number of amides is 1. The number of hydrogen-bond acceptors (Lipinski definition) is 2. The first kappa shape index (κ1) is 12.1. The molecule has 4 nitrogen and oxygen atoms in total. The fourth-order valence-corrected chi connectivity index (χ4v) is 2.59. The summed E-state index contributed by atoms with van der Waals surface area (Å²) in [6.45, 7) is 4.96. The molecule has 1 aliphatic rings. The lowest BCUT2D eigenvalue weighted by Gasteiger charge is -2.29. The van der Waals surface area contributed by atoms with Gasteiger partial charge in [0.2, 0.25) is 0 Å². The second kappa shape index (κ2) is 5.34. The van der Waals surface area contributed by atoms with Gasteiger partial charge < -0.3 is 4.90 Å². The lowest BCUT2D eigenvalue weighted by Crippen LogP contribution is -2.39. The molecule has 4 heteroatoms. The Morgan fingerprint density at radius 3 is 3.00 bits per heavy atom. The predicted molar refractivity (Wildman–Crippen MR) is 66.9 cm³/mol. The molecule has 1 amide bonds. The van der Waals surface area contributed by atoms with Gasteiger partial charge in [0, 0.05) is 18.3 Å². The van der Waals surface area contributed by atoms with Crippen LogP contribution in [0.1, 0.15) is 55.1 Å². The second-order valence-electron chi connectivity index (χ2n) is 4.82. The molecule has 1 aromatic rings. The van der Waals surface area contributed by atoms with Crippen LogP contribution in [-0.4, -0.2) is 33.6 Å². The van der Waals surface area contributed by atoms with Crippen molar-refractivity contribution in [2.75, 3.05) is 6.54 Å². The Morgan fingerprint density at radius 2 is 2.35 bits per heavy atom. The van der Waals surface area contributed by atoms with Gasteiger partial charge in [0.25, 0.3) is 5.91 Å². The Kier molecular flexibility index (Phi) is 3.82. The summed E-state index contributed by atoms with van der Waals surface area (Å²) < 4.78 is 0. The van der Waals surface area contributed by atoms with Crippen LogP contribution in [0, 0.1) is 6.92 Å². The van der Waals surface area contributed by atoms with E-state index in [0.717, 1.165) is 37.1 Å². The molecular formula is C13H21N3O. The first-order valence-electron chi connectivity index (χ1n) is 6.55. The van der Waals surface area contributed by atoms with Gasteiger partial charge in [0.15, 0.2) is 0 Å². The van der Waals surface area contributed by atoms with Gasteiger partial charge in [-0.2, -0.15) is 5.10 Å². The zero-order chi connectivity index (χ0) is 12.3. The van der Waals surface area contributed by atoms with Gasteiger partial charge in [0.05, 0.1) is 11.8 Å². The molecule has 0 saturated carbocycles. The minimum atomic E-state index is 0.144. The Balaban J connectivity index is 2.18. The maximum absolute atomic E-state index is 12.5. The Morgan fingerprint density at radius 1 is 1.53 bits per heavy atom. The lowest BCUT2D eigenvalue weighted by atomic mass is 10.1. The highest BCUT2D eigenvalue weighted by Crippen LogP contribution is 2.21. The monoisotopic (exact) mass is 235 g/mol. The number of nitrogens with one attached hydrogen (secondary N) is 1. The van der Waals surface area contributed by atoms with E-state index in [-0.39, 0.29) is 5.91 Å². The van der Waals surface area contributed by atoms with Gasteiger partial charge in [-0.05, 0) is 26.2 Å². The quantitative estimate of drug-likeness (QED) is 0.856. The highest BCUT2D eigenvalue weighted by molar-refractivity contribution is 5.95. The van der Waals surface area contributed by atoms with Crippen LogP contribution < -0.4 is 0 Å². The van der Waals surface area contributed by atoms with Crippen molar-refractivity contribution in [1.29, 1.82) is 0 Å². The average molecular weight is 235 g/mol. The minimum Gasteiger partial charge on any atom is -0.336 e. The smallest absolute Gasteiger partial charge is 0.257 e. The van der Waals surface area contributed by atoms with E-state index in [2.05, 4.69) is 17.1 Å². The number of nitrogens with zero attached hydrogens (tertiary/aromatic N) is 2. The topological polar surface area (TPSA) is 49.0 Å². The maximum Gasteiger partial charge on any atom is 0.257 e. The summed E-state index contributed by atoms with van der Waals surface area (Å²) in [7, 11) is 0. The van der Waals surface area contributed by atoms with Gasteiger partial charge >= 0.3 is 0 Å². The van der Waals surface area contributed by atoms with Crippen LogP contribution in [0.5, 0.6) is 0 Å². The number of rotatable bonds is 2. The van der Waals surface area contributed by atoms with Gasteiger partial charge in [-0.15, -0.1) is 0 Å². The van der Waals surface area contributed by atoms with Crippen molar-refractivity contribution < 1.29 is 4.79 Å². The van der Waals surface area contributed by atoms with Gasteiger partial charge in [-0.25, -0.2) is 0 Å². The van der Waals surface area contributed by atoms with E-state index in [1.54, 1.807) is 6.20 Å². The lowest BCUT2D eigenvalue weighted by molar-refractivity contribution is 0.0677. The molecule has 94 valence electrons. The number of carbonyl (C=O) groups excluding carboxylic acids is 1. The molecule has 1 unspecified atom stereocenters. The summed E-state index contributed by atoms with van der Waals surface area (Å²) >= 11 is 0. The van der Waals surface area contributed by atoms with E-state index in [1.807, 2.05) is 11.8 Å². The highest BCUT2D eigenvalue weighted by atomic mass is 16.2. The van der Waals surface area contributed by atoms with E-state index >= 15 is 0 Å². The molecule has 2 rings (SSSR count). The molecule has 1 aliphatic heterocycles. The molecule has 17 heavy (non-hydrogen) atoms. The summed E-state index contributed by atoms with van der Waals surface area (Å²) in [5.41, 5.74) is 1.60. The first-order valence-corrected chi connectivity index (χ1v) is 6.55. The van der Waals surface area contributed by atoms with E-state index in [1.165, 1.54) is 12.8 Å². The number of H-pyrrole nitrogens is 1. The molecule has 0 bridgehead atoms. The zero-order valence-electron chi connectivity index (χ0n) is 10.7. The summed E-state index contributed by atoms with van der Waals surface area (Å²) in [4.78, 5) is 14.5. The third kappa shape index (κ3) is 2.51. The maximum atomic E-state index is 12.5. The number of aromatic nitrogens is 2. The van der Waals surface area contributed by atoms with Crippen molar-refractivity contribution in [2.24, 2.45) is 0 Å². The van der Waals surface area contributed by atoms with Crippen molar-refractivity contribution in [3.63, 3.8) is 0 Å². The van der Waals surface area contributed by atoms with Crippen molar-refractivity contribution in [1.82, 2.24) is 15.1 Å². The van der Waals surface area contributed by atoms with Gasteiger partial charge in [0.1, 0.15) is 0 Å². The molecule has 1 aromatic heterocycles. The van der Waals surface area contributed by atoms with Crippen molar-refractivity contribution in [2.45, 2.75) is 52.0 Å². The third-order valence-electron chi connectivity index (χ3n) is 3.67. The first-order chi connectivity index (χ1) is 8.24. The molecular weight excluding hydrogens is 214 g/mol. The van der Waals surface area contributed by atoms with Crippen LogP contribution in [0.3, 0.4) is 0 Å². The summed E-state index contributed by atoms with van der Waals surface area (Å²) in [6.07, 6.45) is 7.44. The molecule has 1 atom stereocenters. The summed E-state index contributed by atoms with van der Waals surface area (Å²) in [6, 6.07) is 0.402. The highest BCUT2D eigenvalue weighted by Gasteiger charge is 2.26. The second-order valence-corrected chi connectivity index (χ2v) is 4.82. The van der Waals surface area contributed by atoms with Gasteiger partial charge in [-0.1, -0.05) is 19.8 Å². The van der Waals surface area contributed by atoms with Crippen LogP contribution in [0.25, 0.3) is 0 Å². The predicted octanol–water partition coefficient (Wildman–Crippen LogP) is 2.51. The number of carbonyl (C=O) groups is 1. The molecule has 0 aliphatic carbocycles.